The van der Waals surface area contributed by atoms with Crippen molar-refractivity contribution in [3.05, 3.63) is 35.4 Å². The number of anilines is 1. The summed E-state index contributed by atoms with van der Waals surface area (Å²) < 4.78 is 60.5. The van der Waals surface area contributed by atoms with Crippen LogP contribution in [-0.4, -0.2) is 75.9 Å². The van der Waals surface area contributed by atoms with Crippen LogP contribution in [0.4, 0.5) is 10.3 Å². The zero-order chi connectivity index (χ0) is 25.3. The summed E-state index contributed by atoms with van der Waals surface area (Å²) in [5.41, 5.74) is 0.117. The fraction of sp³-hybridized carbons (Fsp3) is 0.474. The van der Waals surface area contributed by atoms with E-state index in [-0.39, 0.29) is 46.5 Å². The molecule has 0 amide bonds. The molecule has 188 valence electrons. The number of ether oxygens (including phenoxy) is 3. The van der Waals surface area contributed by atoms with Crippen molar-refractivity contribution in [2.75, 3.05) is 26.1 Å². The van der Waals surface area contributed by atoms with Gasteiger partial charge in [0.25, 0.3) is 0 Å². The minimum Gasteiger partial charge on any atom is -0.479 e. The second kappa shape index (κ2) is 9.83. The van der Waals surface area contributed by atoms with E-state index in [2.05, 4.69) is 34.9 Å². The number of hydrogen-bond acceptors (Lipinski definition) is 11. The summed E-state index contributed by atoms with van der Waals surface area (Å²) in [4.78, 5) is 16.2. The van der Waals surface area contributed by atoms with Crippen molar-refractivity contribution in [2.24, 2.45) is 0 Å². The summed E-state index contributed by atoms with van der Waals surface area (Å²) in [5.74, 6) is -0.446. The van der Waals surface area contributed by atoms with Gasteiger partial charge in [-0.3, -0.25) is 9.29 Å². The van der Waals surface area contributed by atoms with Gasteiger partial charge in [0.1, 0.15) is 29.7 Å². The molecule has 2 unspecified atom stereocenters. The molecule has 3 aromatic heterocycles. The maximum absolute atomic E-state index is 14.0. The van der Waals surface area contributed by atoms with E-state index >= 15 is 0 Å². The first kappa shape index (κ1) is 24.9. The number of aromatic nitrogens is 7. The molecule has 0 aromatic carbocycles. The van der Waals surface area contributed by atoms with E-state index in [1.165, 1.54) is 51.5 Å². The van der Waals surface area contributed by atoms with Crippen molar-refractivity contribution in [3.63, 3.8) is 0 Å². The zero-order valence-electron chi connectivity index (χ0n) is 19.1. The van der Waals surface area contributed by atoms with Gasteiger partial charge in [0.05, 0.1) is 25.2 Å². The van der Waals surface area contributed by atoms with Crippen molar-refractivity contribution in [1.29, 1.82) is 0 Å². The van der Waals surface area contributed by atoms with Gasteiger partial charge in [0.2, 0.25) is 27.7 Å². The molecule has 0 aliphatic heterocycles. The van der Waals surface area contributed by atoms with Crippen LogP contribution in [0.2, 0.25) is 5.02 Å². The number of hydrogen-bond donors (Lipinski definition) is 1. The predicted octanol–water partition coefficient (Wildman–Crippen LogP) is 1.86. The smallest absolute Gasteiger partial charge is 0.245 e. The van der Waals surface area contributed by atoms with E-state index in [4.69, 9.17) is 25.8 Å². The van der Waals surface area contributed by atoms with E-state index in [1.807, 2.05) is 0 Å². The van der Waals surface area contributed by atoms with Crippen molar-refractivity contribution < 1.29 is 27.0 Å². The lowest BCUT2D eigenvalue weighted by Gasteiger charge is -2.22. The van der Waals surface area contributed by atoms with Crippen molar-refractivity contribution in [1.82, 2.24) is 34.7 Å². The molecule has 1 saturated carbocycles. The van der Waals surface area contributed by atoms with Crippen LogP contribution in [0.15, 0.2) is 18.7 Å². The number of methoxy groups -OCH3 is 3. The molecule has 16 heteroatoms. The Hall–Kier alpha value is -3.17. The van der Waals surface area contributed by atoms with Gasteiger partial charge in [-0.15, -0.1) is 10.2 Å². The molecule has 4 rings (SSSR count). The SMILES string of the molecule is COc1ncnc(OC)c1-n1c(NS(=O)(=O)C(C)C(OC)c2ncc(Cl)cn2)nnc1[C@H]1C[C@@H]1F. The van der Waals surface area contributed by atoms with Crippen LogP contribution in [0, 0.1) is 0 Å². The Labute approximate surface area is 205 Å². The van der Waals surface area contributed by atoms with Crippen LogP contribution in [0.5, 0.6) is 11.8 Å². The van der Waals surface area contributed by atoms with Crippen molar-refractivity contribution in [2.45, 2.75) is 36.8 Å². The van der Waals surface area contributed by atoms with E-state index in [1.54, 1.807) is 0 Å². The molecule has 13 nitrogen and oxygen atoms in total. The Bertz CT molecular complexity index is 1290. The minimum atomic E-state index is -4.19. The first-order chi connectivity index (χ1) is 16.7. The highest BCUT2D eigenvalue weighted by Gasteiger charge is 2.45. The van der Waals surface area contributed by atoms with Gasteiger partial charge < -0.3 is 14.2 Å². The number of rotatable bonds is 10. The van der Waals surface area contributed by atoms with Gasteiger partial charge in [-0.25, -0.2) is 22.8 Å². The highest BCUT2D eigenvalue weighted by atomic mass is 35.5. The summed E-state index contributed by atoms with van der Waals surface area (Å²) in [7, 11) is -0.118. The number of nitrogens with one attached hydrogen (secondary N) is 1. The number of alkyl halides is 1. The predicted molar refractivity (Wildman–Crippen MR) is 121 cm³/mol. The Morgan fingerprint density at radius 1 is 1.11 bits per heavy atom. The third-order valence-electron chi connectivity index (χ3n) is 5.40. The second-order valence-corrected chi connectivity index (χ2v) is 10.1. The Kier molecular flexibility index (Phi) is 7.00. The molecule has 3 heterocycles. The van der Waals surface area contributed by atoms with Crippen LogP contribution in [0.3, 0.4) is 0 Å². The third kappa shape index (κ3) is 4.83. The highest BCUT2D eigenvalue weighted by molar-refractivity contribution is 7.93. The first-order valence-electron chi connectivity index (χ1n) is 10.3. The van der Waals surface area contributed by atoms with Crippen LogP contribution in [0.1, 0.15) is 37.0 Å². The van der Waals surface area contributed by atoms with E-state index < -0.39 is 33.5 Å². The van der Waals surface area contributed by atoms with Crippen molar-refractivity contribution >= 4 is 27.6 Å². The van der Waals surface area contributed by atoms with E-state index in [9.17, 15) is 12.8 Å². The molecule has 0 radical (unpaired) electrons. The zero-order valence-corrected chi connectivity index (χ0v) is 20.7. The highest BCUT2D eigenvalue weighted by Crippen LogP contribution is 2.45. The maximum atomic E-state index is 14.0. The van der Waals surface area contributed by atoms with Gasteiger partial charge in [0, 0.05) is 19.5 Å². The Morgan fingerprint density at radius 3 is 2.23 bits per heavy atom. The summed E-state index contributed by atoms with van der Waals surface area (Å²) in [6, 6.07) is 0. The average molecular weight is 529 g/mol. The lowest BCUT2D eigenvalue weighted by Crippen LogP contribution is -2.33. The second-order valence-electron chi connectivity index (χ2n) is 7.58. The van der Waals surface area contributed by atoms with Crippen LogP contribution < -0.4 is 14.2 Å². The Balaban J connectivity index is 1.76. The summed E-state index contributed by atoms with van der Waals surface area (Å²) in [6.45, 7) is 1.42. The van der Waals surface area contributed by atoms with Gasteiger partial charge in [-0.05, 0) is 13.3 Å². The number of halogens is 2. The molecule has 1 fully saturated rings. The van der Waals surface area contributed by atoms with Crippen molar-refractivity contribution in [3.8, 4) is 17.4 Å². The summed E-state index contributed by atoms with van der Waals surface area (Å²) >= 11 is 5.83. The lowest BCUT2D eigenvalue weighted by molar-refractivity contribution is 0.0950. The van der Waals surface area contributed by atoms with Gasteiger partial charge in [-0.2, -0.15) is 9.97 Å². The molecule has 1 aliphatic rings. The van der Waals surface area contributed by atoms with Crippen LogP contribution >= 0.6 is 11.6 Å². The normalized spacial score (nSPS) is 19.1. The fourth-order valence-corrected chi connectivity index (χ4v) is 4.68. The Morgan fingerprint density at radius 2 is 1.71 bits per heavy atom. The van der Waals surface area contributed by atoms with Gasteiger partial charge >= 0.3 is 0 Å². The standard InChI is InChI=1S/C19H22ClFN8O5S/c1-9(14(32-2)15-22-6-10(20)7-23-15)35(30,31)28-19-27-26-16(11-5-12(11)21)29(19)13-17(33-3)24-8-25-18(13)34-4/h6-9,11-12,14H,5H2,1-4H3,(H,27,28)/t9?,11-,12-,14?/m0/s1. The summed E-state index contributed by atoms with van der Waals surface area (Å²) in [6.07, 6.45) is 1.90. The average Bonchev–Trinajstić information content (AvgIpc) is 3.44. The third-order valence-corrected chi connectivity index (χ3v) is 7.28. The first-order valence-corrected chi connectivity index (χ1v) is 12.2. The van der Waals surface area contributed by atoms with E-state index in [0.717, 1.165) is 0 Å². The largest absolute Gasteiger partial charge is 0.479 e. The quantitative estimate of drug-likeness (QED) is 0.409. The monoisotopic (exact) mass is 528 g/mol. The molecule has 4 atom stereocenters. The number of sulfonamides is 1. The molecule has 0 spiro atoms. The van der Waals surface area contributed by atoms with Crippen LogP contribution in [0.25, 0.3) is 5.69 Å². The molecule has 1 aliphatic carbocycles. The van der Waals surface area contributed by atoms with Gasteiger partial charge in [-0.1, -0.05) is 11.6 Å². The fourth-order valence-electron chi connectivity index (χ4n) is 3.45. The molecule has 0 bridgehead atoms. The molecule has 35 heavy (non-hydrogen) atoms. The number of nitrogens with zero attached hydrogens (tertiary/aromatic N) is 7. The molecular weight excluding hydrogens is 507 g/mol. The summed E-state index contributed by atoms with van der Waals surface area (Å²) in [5, 5.41) is 7.12. The van der Waals surface area contributed by atoms with Gasteiger partial charge in [0.15, 0.2) is 11.5 Å². The molecule has 0 saturated heterocycles. The topological polar surface area (TPSA) is 156 Å². The molecule has 1 N–H and O–H groups in total. The minimum absolute atomic E-state index is 0.0480. The molecule has 3 aromatic rings. The van der Waals surface area contributed by atoms with E-state index in [0.29, 0.717) is 0 Å². The lowest BCUT2D eigenvalue weighted by atomic mass is 10.2. The van der Waals surface area contributed by atoms with Crippen LogP contribution in [-0.2, 0) is 14.8 Å². The molecular formula is C19H22ClFN8O5S. The maximum Gasteiger partial charge on any atom is 0.245 e.